The number of benzene rings is 3. The van der Waals surface area contributed by atoms with Crippen molar-refractivity contribution in [2.75, 3.05) is 18.9 Å². The van der Waals surface area contributed by atoms with Crippen molar-refractivity contribution < 1.29 is 14.4 Å². The van der Waals surface area contributed by atoms with Gasteiger partial charge in [0.15, 0.2) is 0 Å². The van der Waals surface area contributed by atoms with Gasteiger partial charge in [-0.1, -0.05) is 54.6 Å². The summed E-state index contributed by atoms with van der Waals surface area (Å²) in [5.41, 5.74) is 2.46. The van der Waals surface area contributed by atoms with Crippen LogP contribution >= 0.6 is 0 Å². The Labute approximate surface area is 175 Å². The minimum atomic E-state index is -0.307. The minimum absolute atomic E-state index is 0.0293. The SMILES string of the molecule is CC(=O)N(C)Cc1cccc(NC(=O)CNC(=O)Cc2cccc3ccccc23)c1. The Balaban J connectivity index is 1.53. The maximum Gasteiger partial charge on any atom is 0.243 e. The molecule has 0 aliphatic carbocycles. The van der Waals surface area contributed by atoms with Gasteiger partial charge in [-0.25, -0.2) is 0 Å². The van der Waals surface area contributed by atoms with Gasteiger partial charge in [-0.3, -0.25) is 14.4 Å². The second-order valence-corrected chi connectivity index (χ2v) is 7.22. The van der Waals surface area contributed by atoms with E-state index in [0.29, 0.717) is 12.2 Å². The number of carbonyl (C=O) groups excluding carboxylic acids is 3. The molecule has 30 heavy (non-hydrogen) atoms. The lowest BCUT2D eigenvalue weighted by Crippen LogP contribution is -2.33. The van der Waals surface area contributed by atoms with E-state index in [1.54, 1.807) is 18.0 Å². The lowest BCUT2D eigenvalue weighted by molar-refractivity contribution is -0.128. The highest BCUT2D eigenvalue weighted by Crippen LogP contribution is 2.18. The van der Waals surface area contributed by atoms with E-state index in [2.05, 4.69) is 10.6 Å². The number of nitrogens with one attached hydrogen (secondary N) is 2. The molecule has 0 atom stereocenters. The first-order valence-corrected chi connectivity index (χ1v) is 9.76. The molecule has 0 unspecified atom stereocenters. The molecule has 0 spiro atoms. The van der Waals surface area contributed by atoms with Crippen LogP contribution in [-0.2, 0) is 27.3 Å². The van der Waals surface area contributed by atoms with Crippen molar-refractivity contribution in [1.82, 2.24) is 10.2 Å². The van der Waals surface area contributed by atoms with Crippen molar-refractivity contribution >= 4 is 34.2 Å². The van der Waals surface area contributed by atoms with Gasteiger partial charge in [0, 0.05) is 26.2 Å². The van der Waals surface area contributed by atoms with Gasteiger partial charge in [0.05, 0.1) is 13.0 Å². The number of anilines is 1. The number of carbonyl (C=O) groups is 3. The molecule has 0 aromatic heterocycles. The molecule has 3 rings (SSSR count). The van der Waals surface area contributed by atoms with Crippen LogP contribution in [0, 0.1) is 0 Å². The molecule has 0 bridgehead atoms. The van der Waals surface area contributed by atoms with E-state index in [1.807, 2.05) is 60.7 Å². The topological polar surface area (TPSA) is 78.5 Å². The largest absolute Gasteiger partial charge is 0.347 e. The third-order valence-corrected chi connectivity index (χ3v) is 4.85. The van der Waals surface area contributed by atoms with Gasteiger partial charge < -0.3 is 15.5 Å². The predicted octanol–water partition coefficient (Wildman–Crippen LogP) is 3.12. The maximum atomic E-state index is 12.3. The van der Waals surface area contributed by atoms with Crippen LogP contribution in [0.3, 0.4) is 0 Å². The van der Waals surface area contributed by atoms with Crippen molar-refractivity contribution in [3.05, 3.63) is 77.9 Å². The number of hydrogen-bond donors (Lipinski definition) is 2. The highest BCUT2D eigenvalue weighted by Gasteiger charge is 2.10. The van der Waals surface area contributed by atoms with Crippen molar-refractivity contribution in [3.63, 3.8) is 0 Å². The lowest BCUT2D eigenvalue weighted by atomic mass is 10.0. The standard InChI is InChI=1S/C24H25N3O3/c1-17(28)27(2)16-18-7-5-11-21(13-18)26-24(30)15-25-23(29)14-20-10-6-9-19-8-3-4-12-22(19)20/h3-13H,14-16H2,1-2H3,(H,25,29)(H,26,30). The Kier molecular flexibility index (Phi) is 6.80. The molecule has 6 nitrogen and oxygen atoms in total. The van der Waals surface area contributed by atoms with Crippen molar-refractivity contribution in [3.8, 4) is 0 Å². The summed E-state index contributed by atoms with van der Waals surface area (Å²) in [4.78, 5) is 37.5. The monoisotopic (exact) mass is 403 g/mol. The third kappa shape index (κ3) is 5.67. The molecular weight excluding hydrogens is 378 g/mol. The molecule has 154 valence electrons. The quantitative estimate of drug-likeness (QED) is 0.636. The predicted molar refractivity (Wildman–Crippen MR) is 118 cm³/mol. The average Bonchev–Trinajstić information content (AvgIpc) is 2.73. The van der Waals surface area contributed by atoms with Crippen LogP contribution in [0.25, 0.3) is 10.8 Å². The van der Waals surface area contributed by atoms with Gasteiger partial charge in [0.2, 0.25) is 17.7 Å². The molecule has 3 aromatic carbocycles. The summed E-state index contributed by atoms with van der Waals surface area (Å²) in [5.74, 6) is -0.546. The van der Waals surface area contributed by atoms with Gasteiger partial charge in [-0.05, 0) is 34.0 Å². The second kappa shape index (κ2) is 9.69. The van der Waals surface area contributed by atoms with Crippen LogP contribution in [0.5, 0.6) is 0 Å². The molecule has 0 aliphatic heterocycles. The first kappa shape index (κ1) is 21.0. The van der Waals surface area contributed by atoms with Gasteiger partial charge in [-0.15, -0.1) is 0 Å². The zero-order chi connectivity index (χ0) is 21.5. The summed E-state index contributed by atoms with van der Waals surface area (Å²) in [6.07, 6.45) is 0.210. The molecule has 0 fully saturated rings. The lowest BCUT2D eigenvalue weighted by Gasteiger charge is -2.15. The Bertz CT molecular complexity index is 1070. The maximum absolute atomic E-state index is 12.3. The average molecular weight is 403 g/mol. The molecule has 0 saturated carbocycles. The number of amides is 3. The summed E-state index contributed by atoms with van der Waals surface area (Å²) < 4.78 is 0. The number of nitrogens with zero attached hydrogens (tertiary/aromatic N) is 1. The van der Waals surface area contributed by atoms with E-state index in [0.717, 1.165) is 21.9 Å². The minimum Gasteiger partial charge on any atom is -0.347 e. The molecular formula is C24H25N3O3. The highest BCUT2D eigenvalue weighted by molar-refractivity contribution is 5.96. The number of rotatable bonds is 7. The number of hydrogen-bond acceptors (Lipinski definition) is 3. The Morgan fingerprint density at radius 2 is 1.63 bits per heavy atom. The summed E-state index contributed by atoms with van der Waals surface area (Å²) in [7, 11) is 1.72. The van der Waals surface area contributed by atoms with Crippen LogP contribution in [0.4, 0.5) is 5.69 Å². The first-order valence-electron chi connectivity index (χ1n) is 9.76. The van der Waals surface area contributed by atoms with E-state index in [-0.39, 0.29) is 30.7 Å². The number of fused-ring (bicyclic) bond motifs is 1. The van der Waals surface area contributed by atoms with E-state index in [4.69, 9.17) is 0 Å². The Morgan fingerprint density at radius 3 is 2.43 bits per heavy atom. The fraction of sp³-hybridized carbons (Fsp3) is 0.208. The zero-order valence-electron chi connectivity index (χ0n) is 17.1. The van der Waals surface area contributed by atoms with E-state index in [9.17, 15) is 14.4 Å². The van der Waals surface area contributed by atoms with E-state index < -0.39 is 0 Å². The summed E-state index contributed by atoms with van der Waals surface area (Å²) >= 11 is 0. The van der Waals surface area contributed by atoms with Crippen LogP contribution in [-0.4, -0.2) is 36.2 Å². The Morgan fingerprint density at radius 1 is 0.900 bits per heavy atom. The molecule has 2 N–H and O–H groups in total. The van der Waals surface area contributed by atoms with Gasteiger partial charge in [0.25, 0.3) is 0 Å². The van der Waals surface area contributed by atoms with E-state index >= 15 is 0 Å². The molecule has 3 amide bonds. The normalized spacial score (nSPS) is 10.5. The van der Waals surface area contributed by atoms with Crippen LogP contribution in [0.1, 0.15) is 18.1 Å². The van der Waals surface area contributed by atoms with Crippen molar-refractivity contribution in [2.45, 2.75) is 19.9 Å². The van der Waals surface area contributed by atoms with Crippen molar-refractivity contribution in [1.29, 1.82) is 0 Å². The highest BCUT2D eigenvalue weighted by atomic mass is 16.2. The van der Waals surface area contributed by atoms with Crippen LogP contribution in [0.15, 0.2) is 66.7 Å². The molecule has 0 heterocycles. The molecule has 0 radical (unpaired) electrons. The Hall–Kier alpha value is -3.67. The van der Waals surface area contributed by atoms with Crippen LogP contribution < -0.4 is 10.6 Å². The third-order valence-electron chi connectivity index (χ3n) is 4.85. The summed E-state index contributed by atoms with van der Waals surface area (Å²) in [6, 6.07) is 21.0. The van der Waals surface area contributed by atoms with Gasteiger partial charge >= 0.3 is 0 Å². The molecule has 0 saturated heterocycles. The first-order chi connectivity index (χ1) is 14.4. The molecule has 6 heteroatoms. The van der Waals surface area contributed by atoms with Gasteiger partial charge in [0.1, 0.15) is 0 Å². The molecule has 3 aromatic rings. The fourth-order valence-corrected chi connectivity index (χ4v) is 3.20. The van der Waals surface area contributed by atoms with Gasteiger partial charge in [-0.2, -0.15) is 0 Å². The summed E-state index contributed by atoms with van der Waals surface area (Å²) in [6.45, 7) is 1.86. The second-order valence-electron chi connectivity index (χ2n) is 7.22. The van der Waals surface area contributed by atoms with Crippen LogP contribution in [0.2, 0.25) is 0 Å². The van der Waals surface area contributed by atoms with E-state index in [1.165, 1.54) is 6.92 Å². The molecule has 0 aliphatic rings. The smallest absolute Gasteiger partial charge is 0.243 e. The summed E-state index contributed by atoms with van der Waals surface area (Å²) in [5, 5.41) is 7.56. The zero-order valence-corrected chi connectivity index (χ0v) is 17.1. The van der Waals surface area contributed by atoms with Crippen molar-refractivity contribution in [2.24, 2.45) is 0 Å². The fourth-order valence-electron chi connectivity index (χ4n) is 3.20.